The molecule has 1 aromatic carbocycles. The first-order valence-electron chi connectivity index (χ1n) is 6.73. The Bertz CT molecular complexity index is 582. The first kappa shape index (κ1) is 14.9. The standard InChI is InChI=1S/C15H19N3O3/c1-20-13-7-3-6-12(14(13)21-2)15(19)16-8-4-10-18-11-5-9-17-18/h3,5-7,9,11H,4,8,10H2,1-2H3,(H,16,19). The van der Waals surface area contributed by atoms with Crippen LogP contribution in [-0.2, 0) is 6.54 Å². The second-order valence-electron chi connectivity index (χ2n) is 4.42. The van der Waals surface area contributed by atoms with Crippen LogP contribution in [0.2, 0.25) is 0 Å². The zero-order valence-corrected chi connectivity index (χ0v) is 12.2. The highest BCUT2D eigenvalue weighted by Gasteiger charge is 2.15. The molecule has 112 valence electrons. The summed E-state index contributed by atoms with van der Waals surface area (Å²) in [7, 11) is 3.07. The van der Waals surface area contributed by atoms with Crippen LogP contribution in [-0.4, -0.2) is 36.5 Å². The third-order valence-corrected chi connectivity index (χ3v) is 3.06. The van der Waals surface area contributed by atoms with E-state index in [0.717, 1.165) is 13.0 Å². The van der Waals surface area contributed by atoms with Gasteiger partial charge in [0, 0.05) is 25.5 Å². The van der Waals surface area contributed by atoms with Gasteiger partial charge < -0.3 is 14.8 Å². The Balaban J connectivity index is 1.91. The lowest BCUT2D eigenvalue weighted by Crippen LogP contribution is -2.25. The van der Waals surface area contributed by atoms with Gasteiger partial charge in [0.15, 0.2) is 11.5 Å². The average molecular weight is 289 g/mol. The molecule has 1 aromatic heterocycles. The van der Waals surface area contributed by atoms with Crippen LogP contribution in [0.3, 0.4) is 0 Å². The third-order valence-electron chi connectivity index (χ3n) is 3.06. The van der Waals surface area contributed by atoms with E-state index in [1.807, 2.05) is 16.9 Å². The van der Waals surface area contributed by atoms with Crippen molar-refractivity contribution in [1.82, 2.24) is 15.1 Å². The minimum absolute atomic E-state index is 0.175. The van der Waals surface area contributed by atoms with Gasteiger partial charge in [-0.3, -0.25) is 9.48 Å². The van der Waals surface area contributed by atoms with Crippen LogP contribution in [0.15, 0.2) is 36.7 Å². The Morgan fingerprint density at radius 3 is 2.81 bits per heavy atom. The number of methoxy groups -OCH3 is 2. The molecular formula is C15H19N3O3. The Morgan fingerprint density at radius 1 is 1.29 bits per heavy atom. The van der Waals surface area contributed by atoms with Gasteiger partial charge in [-0.05, 0) is 24.6 Å². The molecule has 1 amide bonds. The molecule has 0 bridgehead atoms. The van der Waals surface area contributed by atoms with Gasteiger partial charge in [0.25, 0.3) is 5.91 Å². The summed E-state index contributed by atoms with van der Waals surface area (Å²) in [5.41, 5.74) is 0.468. The van der Waals surface area contributed by atoms with Gasteiger partial charge in [-0.2, -0.15) is 5.10 Å². The molecule has 0 aliphatic rings. The fraction of sp³-hybridized carbons (Fsp3) is 0.333. The number of hydrogen-bond donors (Lipinski definition) is 1. The van der Waals surface area contributed by atoms with Crippen molar-refractivity contribution < 1.29 is 14.3 Å². The predicted molar refractivity (Wildman–Crippen MR) is 78.7 cm³/mol. The topological polar surface area (TPSA) is 65.4 Å². The number of nitrogens with one attached hydrogen (secondary N) is 1. The van der Waals surface area contributed by atoms with E-state index in [-0.39, 0.29) is 5.91 Å². The quantitative estimate of drug-likeness (QED) is 0.788. The van der Waals surface area contributed by atoms with E-state index in [9.17, 15) is 4.79 Å². The van der Waals surface area contributed by atoms with Crippen LogP contribution in [0, 0.1) is 0 Å². The highest BCUT2D eigenvalue weighted by molar-refractivity contribution is 5.97. The molecule has 0 radical (unpaired) electrons. The van der Waals surface area contributed by atoms with Gasteiger partial charge in [0.2, 0.25) is 0 Å². The monoisotopic (exact) mass is 289 g/mol. The van der Waals surface area contributed by atoms with Crippen LogP contribution in [0.1, 0.15) is 16.8 Å². The highest BCUT2D eigenvalue weighted by Crippen LogP contribution is 2.30. The summed E-state index contributed by atoms with van der Waals surface area (Å²) in [5.74, 6) is 0.817. The summed E-state index contributed by atoms with van der Waals surface area (Å²) in [6.07, 6.45) is 4.44. The molecule has 0 saturated heterocycles. The Morgan fingerprint density at radius 2 is 2.14 bits per heavy atom. The number of aromatic nitrogens is 2. The third kappa shape index (κ3) is 3.75. The van der Waals surface area contributed by atoms with Gasteiger partial charge in [-0.25, -0.2) is 0 Å². The van der Waals surface area contributed by atoms with Crippen LogP contribution >= 0.6 is 0 Å². The molecule has 0 spiro atoms. The molecule has 6 nitrogen and oxygen atoms in total. The van der Waals surface area contributed by atoms with E-state index >= 15 is 0 Å². The van der Waals surface area contributed by atoms with Crippen molar-refractivity contribution in [1.29, 1.82) is 0 Å². The Labute approximate surface area is 123 Å². The van der Waals surface area contributed by atoms with Crippen molar-refractivity contribution in [3.63, 3.8) is 0 Å². The van der Waals surface area contributed by atoms with Crippen LogP contribution in [0.25, 0.3) is 0 Å². The molecule has 1 N–H and O–H groups in total. The molecule has 0 aliphatic carbocycles. The van der Waals surface area contributed by atoms with Gasteiger partial charge in [-0.15, -0.1) is 0 Å². The van der Waals surface area contributed by atoms with Crippen molar-refractivity contribution >= 4 is 5.91 Å². The molecular weight excluding hydrogens is 270 g/mol. The highest BCUT2D eigenvalue weighted by atomic mass is 16.5. The maximum atomic E-state index is 12.2. The summed E-state index contributed by atoms with van der Waals surface area (Å²) in [5, 5.41) is 6.98. The van der Waals surface area contributed by atoms with Crippen LogP contribution < -0.4 is 14.8 Å². The van der Waals surface area contributed by atoms with E-state index in [1.54, 1.807) is 31.5 Å². The summed E-state index contributed by atoms with van der Waals surface area (Å²) in [4.78, 5) is 12.2. The lowest BCUT2D eigenvalue weighted by molar-refractivity contribution is 0.0949. The number of carbonyl (C=O) groups is 1. The van der Waals surface area contributed by atoms with E-state index < -0.39 is 0 Å². The normalized spacial score (nSPS) is 10.2. The maximum Gasteiger partial charge on any atom is 0.255 e. The minimum atomic E-state index is -0.175. The number of benzene rings is 1. The first-order valence-corrected chi connectivity index (χ1v) is 6.73. The van der Waals surface area contributed by atoms with Gasteiger partial charge in [0.05, 0.1) is 19.8 Å². The van der Waals surface area contributed by atoms with E-state index in [0.29, 0.717) is 23.6 Å². The number of carbonyl (C=O) groups excluding carboxylic acids is 1. The molecule has 2 aromatic rings. The molecule has 0 fully saturated rings. The van der Waals surface area contributed by atoms with E-state index in [2.05, 4.69) is 10.4 Å². The zero-order chi connectivity index (χ0) is 15.1. The molecule has 0 atom stereocenters. The van der Waals surface area contributed by atoms with Crippen molar-refractivity contribution in [2.45, 2.75) is 13.0 Å². The van der Waals surface area contributed by atoms with Crippen LogP contribution in [0.4, 0.5) is 0 Å². The molecule has 6 heteroatoms. The average Bonchev–Trinajstić information content (AvgIpc) is 3.03. The lowest BCUT2D eigenvalue weighted by Gasteiger charge is -2.12. The first-order chi connectivity index (χ1) is 10.3. The van der Waals surface area contributed by atoms with Crippen molar-refractivity contribution in [3.8, 4) is 11.5 Å². The molecule has 0 aliphatic heterocycles. The molecule has 0 unspecified atom stereocenters. The Kier molecular flexibility index (Phi) is 5.20. The molecule has 21 heavy (non-hydrogen) atoms. The fourth-order valence-corrected chi connectivity index (χ4v) is 2.04. The van der Waals surface area contributed by atoms with Crippen molar-refractivity contribution in [2.75, 3.05) is 20.8 Å². The minimum Gasteiger partial charge on any atom is -0.493 e. The largest absolute Gasteiger partial charge is 0.493 e. The fourth-order valence-electron chi connectivity index (χ4n) is 2.04. The van der Waals surface area contributed by atoms with E-state index in [4.69, 9.17) is 9.47 Å². The van der Waals surface area contributed by atoms with Gasteiger partial charge >= 0.3 is 0 Å². The molecule has 1 heterocycles. The van der Waals surface area contributed by atoms with Crippen LogP contribution in [0.5, 0.6) is 11.5 Å². The van der Waals surface area contributed by atoms with Crippen molar-refractivity contribution in [3.05, 3.63) is 42.2 Å². The number of amides is 1. The predicted octanol–water partition coefficient (Wildman–Crippen LogP) is 1.72. The number of aryl methyl sites for hydroxylation is 1. The number of rotatable bonds is 7. The molecule has 2 rings (SSSR count). The number of hydrogen-bond acceptors (Lipinski definition) is 4. The number of nitrogens with zero attached hydrogens (tertiary/aromatic N) is 2. The van der Waals surface area contributed by atoms with E-state index in [1.165, 1.54) is 7.11 Å². The lowest BCUT2D eigenvalue weighted by atomic mass is 10.1. The maximum absolute atomic E-state index is 12.2. The van der Waals surface area contributed by atoms with Gasteiger partial charge in [0.1, 0.15) is 0 Å². The summed E-state index contributed by atoms with van der Waals surface area (Å²) in [6.45, 7) is 1.33. The zero-order valence-electron chi connectivity index (χ0n) is 12.2. The second-order valence-corrected chi connectivity index (χ2v) is 4.42. The van der Waals surface area contributed by atoms with Crippen molar-refractivity contribution in [2.24, 2.45) is 0 Å². The smallest absolute Gasteiger partial charge is 0.255 e. The second kappa shape index (κ2) is 7.33. The SMILES string of the molecule is COc1cccc(C(=O)NCCCn2cccn2)c1OC. The molecule has 0 saturated carbocycles. The number of ether oxygens (including phenoxy) is 2. The Hall–Kier alpha value is -2.50. The van der Waals surface area contributed by atoms with Gasteiger partial charge in [-0.1, -0.05) is 6.07 Å². The summed E-state index contributed by atoms with van der Waals surface area (Å²) in [6, 6.07) is 7.11. The summed E-state index contributed by atoms with van der Waals surface area (Å²) >= 11 is 0. The summed E-state index contributed by atoms with van der Waals surface area (Å²) < 4.78 is 12.3. The number of para-hydroxylation sites is 1.